The van der Waals surface area contributed by atoms with Crippen molar-refractivity contribution in [2.45, 2.75) is 6.61 Å². The summed E-state index contributed by atoms with van der Waals surface area (Å²) in [7, 11) is 1.13. The van der Waals surface area contributed by atoms with Crippen molar-refractivity contribution in [3.05, 3.63) is 73.2 Å². The van der Waals surface area contributed by atoms with E-state index in [9.17, 15) is 19.7 Å². The number of carbonyl (C=O) groups excluding carboxylic acids is 2. The summed E-state index contributed by atoms with van der Waals surface area (Å²) in [4.78, 5) is 34.0. The van der Waals surface area contributed by atoms with E-state index < -0.39 is 22.5 Å². The smallest absolute Gasteiger partial charge is 0.338 e. The lowest BCUT2D eigenvalue weighted by molar-refractivity contribution is -0.384. The Balaban J connectivity index is 2.22. The molecule has 0 aliphatic heterocycles. The summed E-state index contributed by atoms with van der Waals surface area (Å²) in [6.45, 7) is -0.119. The highest BCUT2D eigenvalue weighted by molar-refractivity contribution is 6.42. The standard InChI is InChI=1S/C16H11Cl2NO6/c1-24-15(20)10-5-11(7-12(6-10)19(22)23)16(21)25-8-9-2-3-13(17)14(18)4-9/h2-7H,8H2,1H3. The summed E-state index contributed by atoms with van der Waals surface area (Å²) in [6, 6.07) is 7.90. The maximum Gasteiger partial charge on any atom is 0.338 e. The molecule has 0 N–H and O–H groups in total. The maximum absolute atomic E-state index is 12.2. The van der Waals surface area contributed by atoms with E-state index in [0.717, 1.165) is 25.3 Å². The quantitative estimate of drug-likeness (QED) is 0.439. The lowest BCUT2D eigenvalue weighted by Crippen LogP contribution is -2.09. The molecular weight excluding hydrogens is 373 g/mol. The lowest BCUT2D eigenvalue weighted by Gasteiger charge is -2.07. The third-order valence-electron chi connectivity index (χ3n) is 3.14. The number of nitro benzene ring substituents is 1. The Bertz CT molecular complexity index is 853. The van der Waals surface area contributed by atoms with Gasteiger partial charge < -0.3 is 9.47 Å². The molecule has 0 aliphatic carbocycles. The number of esters is 2. The molecule has 0 heterocycles. The SMILES string of the molecule is COC(=O)c1cc(C(=O)OCc2ccc(Cl)c(Cl)c2)cc([N+](=O)[O-])c1. The summed E-state index contributed by atoms with van der Waals surface area (Å²) < 4.78 is 9.62. The molecule has 9 heteroatoms. The molecule has 25 heavy (non-hydrogen) atoms. The molecule has 0 spiro atoms. The summed E-state index contributed by atoms with van der Waals surface area (Å²) in [5.74, 6) is -1.64. The van der Waals surface area contributed by atoms with Gasteiger partial charge in [-0.1, -0.05) is 29.3 Å². The van der Waals surface area contributed by atoms with Gasteiger partial charge in [-0.05, 0) is 23.8 Å². The Kier molecular flexibility index (Phi) is 5.95. The minimum atomic E-state index is -0.833. The van der Waals surface area contributed by atoms with Crippen LogP contribution in [0.5, 0.6) is 0 Å². The van der Waals surface area contributed by atoms with Crippen LogP contribution in [0.15, 0.2) is 36.4 Å². The first kappa shape index (κ1) is 18.7. The van der Waals surface area contributed by atoms with Crippen LogP contribution in [-0.2, 0) is 16.1 Å². The van der Waals surface area contributed by atoms with E-state index in [2.05, 4.69) is 4.74 Å². The van der Waals surface area contributed by atoms with Crippen molar-refractivity contribution < 1.29 is 24.0 Å². The van der Waals surface area contributed by atoms with Crippen LogP contribution in [0.4, 0.5) is 5.69 Å². The second-order valence-electron chi connectivity index (χ2n) is 4.84. The van der Waals surface area contributed by atoms with Crippen LogP contribution in [0.2, 0.25) is 10.0 Å². The van der Waals surface area contributed by atoms with Crippen LogP contribution >= 0.6 is 23.2 Å². The van der Waals surface area contributed by atoms with Gasteiger partial charge in [0, 0.05) is 12.1 Å². The van der Waals surface area contributed by atoms with Crippen LogP contribution in [0.3, 0.4) is 0 Å². The van der Waals surface area contributed by atoms with Crippen LogP contribution < -0.4 is 0 Å². The van der Waals surface area contributed by atoms with Gasteiger partial charge >= 0.3 is 11.9 Å². The number of nitrogens with zero attached hydrogens (tertiary/aromatic N) is 1. The predicted octanol–water partition coefficient (Wildman–Crippen LogP) is 4.05. The van der Waals surface area contributed by atoms with Crippen molar-refractivity contribution in [2.75, 3.05) is 7.11 Å². The van der Waals surface area contributed by atoms with E-state index in [4.69, 9.17) is 27.9 Å². The Labute approximate surface area is 152 Å². The van der Waals surface area contributed by atoms with E-state index in [1.807, 2.05) is 0 Å². The largest absolute Gasteiger partial charge is 0.465 e. The van der Waals surface area contributed by atoms with Gasteiger partial charge in [-0.2, -0.15) is 0 Å². The van der Waals surface area contributed by atoms with Gasteiger partial charge in [-0.25, -0.2) is 9.59 Å². The van der Waals surface area contributed by atoms with Gasteiger partial charge in [0.2, 0.25) is 0 Å². The first-order valence-corrected chi connectivity index (χ1v) is 7.56. The predicted molar refractivity (Wildman–Crippen MR) is 90.0 cm³/mol. The minimum absolute atomic E-state index is 0.119. The van der Waals surface area contributed by atoms with Gasteiger partial charge in [0.25, 0.3) is 5.69 Å². The zero-order chi connectivity index (χ0) is 18.6. The third-order valence-corrected chi connectivity index (χ3v) is 3.88. The fourth-order valence-electron chi connectivity index (χ4n) is 1.93. The van der Waals surface area contributed by atoms with Crippen molar-refractivity contribution in [3.63, 3.8) is 0 Å². The topological polar surface area (TPSA) is 95.7 Å². The van der Waals surface area contributed by atoms with E-state index in [1.165, 1.54) is 6.07 Å². The number of non-ortho nitro benzene ring substituents is 1. The number of rotatable bonds is 5. The molecular formula is C16H11Cl2NO6. The molecule has 0 saturated heterocycles. The molecule has 0 atom stereocenters. The number of hydrogen-bond donors (Lipinski definition) is 0. The van der Waals surface area contributed by atoms with Gasteiger partial charge in [-0.15, -0.1) is 0 Å². The Morgan fingerprint density at radius 2 is 1.68 bits per heavy atom. The fourth-order valence-corrected chi connectivity index (χ4v) is 2.25. The molecule has 0 amide bonds. The Hall–Kier alpha value is -2.64. The van der Waals surface area contributed by atoms with Crippen molar-refractivity contribution in [1.82, 2.24) is 0 Å². The fraction of sp³-hybridized carbons (Fsp3) is 0.125. The number of halogens is 2. The zero-order valence-corrected chi connectivity index (χ0v) is 14.3. The Morgan fingerprint density at radius 3 is 2.24 bits per heavy atom. The molecule has 0 bridgehead atoms. The van der Waals surface area contributed by atoms with Crippen molar-refractivity contribution in [2.24, 2.45) is 0 Å². The molecule has 0 fully saturated rings. The summed E-state index contributed by atoms with van der Waals surface area (Å²) >= 11 is 11.7. The van der Waals surface area contributed by atoms with Gasteiger partial charge in [0.05, 0.1) is 33.2 Å². The molecule has 7 nitrogen and oxygen atoms in total. The lowest BCUT2D eigenvalue weighted by atomic mass is 10.1. The second kappa shape index (κ2) is 7.96. The minimum Gasteiger partial charge on any atom is -0.465 e. The van der Waals surface area contributed by atoms with E-state index in [-0.39, 0.29) is 17.7 Å². The molecule has 2 aromatic rings. The highest BCUT2D eigenvalue weighted by Crippen LogP contribution is 2.23. The summed E-state index contributed by atoms with van der Waals surface area (Å²) in [5, 5.41) is 11.6. The van der Waals surface area contributed by atoms with Crippen LogP contribution in [0.25, 0.3) is 0 Å². The monoisotopic (exact) mass is 383 g/mol. The third kappa shape index (κ3) is 4.68. The summed E-state index contributed by atoms with van der Waals surface area (Å²) in [6.07, 6.45) is 0. The number of hydrogen-bond acceptors (Lipinski definition) is 6. The van der Waals surface area contributed by atoms with Crippen molar-refractivity contribution in [1.29, 1.82) is 0 Å². The second-order valence-corrected chi connectivity index (χ2v) is 5.66. The highest BCUT2D eigenvalue weighted by atomic mass is 35.5. The molecule has 0 unspecified atom stereocenters. The van der Waals surface area contributed by atoms with E-state index >= 15 is 0 Å². The maximum atomic E-state index is 12.2. The molecule has 0 aliphatic rings. The number of nitro groups is 1. The van der Waals surface area contributed by atoms with Crippen LogP contribution in [0.1, 0.15) is 26.3 Å². The van der Waals surface area contributed by atoms with Crippen LogP contribution in [-0.4, -0.2) is 24.0 Å². The molecule has 0 saturated carbocycles. The summed E-state index contributed by atoms with van der Waals surface area (Å²) in [5.41, 5.74) is -0.112. The number of ether oxygens (including phenoxy) is 2. The first-order chi connectivity index (χ1) is 11.8. The van der Waals surface area contributed by atoms with Crippen molar-refractivity contribution in [3.8, 4) is 0 Å². The molecule has 0 aromatic heterocycles. The van der Waals surface area contributed by atoms with Crippen LogP contribution in [0, 0.1) is 10.1 Å². The molecule has 2 rings (SSSR count). The highest BCUT2D eigenvalue weighted by Gasteiger charge is 2.19. The average molecular weight is 384 g/mol. The van der Waals surface area contributed by atoms with Gasteiger partial charge in [0.15, 0.2) is 0 Å². The van der Waals surface area contributed by atoms with Crippen molar-refractivity contribution >= 4 is 40.8 Å². The average Bonchev–Trinajstić information content (AvgIpc) is 2.61. The Morgan fingerprint density at radius 1 is 1.04 bits per heavy atom. The van der Waals surface area contributed by atoms with E-state index in [1.54, 1.807) is 12.1 Å². The molecule has 130 valence electrons. The number of carbonyl (C=O) groups is 2. The van der Waals surface area contributed by atoms with E-state index in [0.29, 0.717) is 15.6 Å². The van der Waals surface area contributed by atoms with Gasteiger partial charge in [-0.3, -0.25) is 10.1 Å². The first-order valence-electron chi connectivity index (χ1n) is 6.80. The molecule has 2 aromatic carbocycles. The zero-order valence-electron chi connectivity index (χ0n) is 12.8. The van der Waals surface area contributed by atoms with Gasteiger partial charge in [0.1, 0.15) is 6.61 Å². The number of benzene rings is 2. The normalized spacial score (nSPS) is 10.2. The number of methoxy groups -OCH3 is 1. The molecule has 0 radical (unpaired) electrons.